The summed E-state index contributed by atoms with van der Waals surface area (Å²) in [6.07, 6.45) is 1.79. The van der Waals surface area contributed by atoms with Crippen molar-refractivity contribution < 1.29 is 19.4 Å². The van der Waals surface area contributed by atoms with Gasteiger partial charge in [-0.25, -0.2) is 0 Å². The highest BCUT2D eigenvalue weighted by Crippen LogP contribution is 2.31. The average Bonchev–Trinajstić information content (AvgIpc) is 2.60. The summed E-state index contributed by atoms with van der Waals surface area (Å²) in [6.45, 7) is 3.68. The molecular formula is C18H24N2O4. The van der Waals surface area contributed by atoms with E-state index in [-0.39, 0.29) is 11.7 Å². The number of aliphatic carboxylic acids is 1. The number of anilines is 1. The van der Waals surface area contributed by atoms with E-state index in [1.807, 2.05) is 25.2 Å². The molecule has 1 aromatic rings. The van der Waals surface area contributed by atoms with Crippen LogP contribution in [0.25, 0.3) is 0 Å². The lowest BCUT2D eigenvalue weighted by Gasteiger charge is -2.30. The molecule has 0 amide bonds. The van der Waals surface area contributed by atoms with Crippen molar-refractivity contribution in [1.82, 2.24) is 4.90 Å². The van der Waals surface area contributed by atoms with E-state index in [0.717, 1.165) is 31.1 Å². The van der Waals surface area contributed by atoms with Crippen molar-refractivity contribution in [3.05, 3.63) is 23.8 Å². The van der Waals surface area contributed by atoms with Crippen molar-refractivity contribution in [2.75, 3.05) is 44.7 Å². The number of ketones is 1. The van der Waals surface area contributed by atoms with Crippen molar-refractivity contribution in [3.63, 3.8) is 0 Å². The van der Waals surface area contributed by atoms with Gasteiger partial charge in [-0.1, -0.05) is 0 Å². The molecule has 6 heteroatoms. The predicted octanol–water partition coefficient (Wildman–Crippen LogP) is 1.88. The Kier molecular flexibility index (Phi) is 5.04. The van der Waals surface area contributed by atoms with Gasteiger partial charge in [0.1, 0.15) is 12.4 Å². The van der Waals surface area contributed by atoms with E-state index < -0.39 is 5.97 Å². The van der Waals surface area contributed by atoms with Crippen molar-refractivity contribution in [1.29, 1.82) is 0 Å². The largest absolute Gasteiger partial charge is 0.490 e. The molecule has 0 saturated carbocycles. The van der Waals surface area contributed by atoms with Crippen molar-refractivity contribution in [2.24, 2.45) is 5.92 Å². The predicted molar refractivity (Wildman–Crippen MR) is 91.0 cm³/mol. The fourth-order valence-corrected chi connectivity index (χ4v) is 3.34. The second-order valence-corrected chi connectivity index (χ2v) is 6.58. The average molecular weight is 332 g/mol. The molecule has 0 spiro atoms. The lowest BCUT2D eigenvalue weighted by Crippen LogP contribution is -2.37. The van der Waals surface area contributed by atoms with E-state index in [4.69, 9.17) is 9.84 Å². The van der Waals surface area contributed by atoms with E-state index in [2.05, 4.69) is 9.80 Å². The molecule has 1 fully saturated rings. The number of likely N-dealkylation sites (N-methyl/N-ethyl adjacent to an activating group) is 1. The van der Waals surface area contributed by atoms with Crippen LogP contribution in [0.15, 0.2) is 18.2 Å². The Morgan fingerprint density at radius 3 is 2.71 bits per heavy atom. The molecule has 2 aliphatic heterocycles. The molecule has 6 nitrogen and oxygen atoms in total. The molecule has 0 unspecified atom stereocenters. The number of ether oxygens (including phenoxy) is 1. The number of Topliss-reactive ketones (excluding diaryl/α,β-unsaturated/α-hetero) is 1. The van der Waals surface area contributed by atoms with Gasteiger partial charge in [0, 0.05) is 25.6 Å². The Labute approximate surface area is 142 Å². The number of carboxylic acids is 1. The Hall–Kier alpha value is -2.08. The molecule has 0 atom stereocenters. The number of benzene rings is 1. The number of hydrogen-bond donors (Lipinski definition) is 1. The zero-order valence-electron chi connectivity index (χ0n) is 14.0. The van der Waals surface area contributed by atoms with Gasteiger partial charge in [0.2, 0.25) is 0 Å². The monoisotopic (exact) mass is 332 g/mol. The fraction of sp³-hybridized carbons (Fsp3) is 0.556. The first kappa shape index (κ1) is 16.8. The van der Waals surface area contributed by atoms with Gasteiger partial charge in [-0.3, -0.25) is 9.59 Å². The van der Waals surface area contributed by atoms with Gasteiger partial charge in [-0.15, -0.1) is 0 Å². The minimum absolute atomic E-state index is 0.106. The molecule has 0 radical (unpaired) electrons. The summed E-state index contributed by atoms with van der Waals surface area (Å²) in [5.41, 5.74) is 1.71. The second-order valence-electron chi connectivity index (χ2n) is 6.58. The number of rotatable bonds is 5. The maximum absolute atomic E-state index is 12.4. The van der Waals surface area contributed by atoms with Crippen molar-refractivity contribution in [2.45, 2.75) is 19.3 Å². The molecule has 3 rings (SSSR count). The highest BCUT2D eigenvalue weighted by atomic mass is 16.5. The highest BCUT2D eigenvalue weighted by molar-refractivity contribution is 5.97. The standard InChI is InChI=1S/C18H24N2O4/c1-19-10-11-24-17-12-14(2-3-15(17)19)16(21)6-9-20-7-4-13(5-8-20)18(22)23/h2-3,12-13H,4-11H2,1H3,(H,22,23). The van der Waals surface area contributed by atoms with Gasteiger partial charge >= 0.3 is 5.97 Å². The lowest BCUT2D eigenvalue weighted by atomic mass is 9.97. The third kappa shape index (κ3) is 3.70. The van der Waals surface area contributed by atoms with E-state index in [1.54, 1.807) is 0 Å². The number of likely N-dealkylation sites (tertiary alicyclic amines) is 1. The molecule has 2 aliphatic rings. The molecule has 1 aromatic carbocycles. The number of fused-ring (bicyclic) bond motifs is 1. The van der Waals surface area contributed by atoms with Crippen LogP contribution >= 0.6 is 0 Å². The molecule has 1 saturated heterocycles. The molecule has 24 heavy (non-hydrogen) atoms. The van der Waals surface area contributed by atoms with Crippen LogP contribution in [0.4, 0.5) is 5.69 Å². The number of carbonyl (C=O) groups excluding carboxylic acids is 1. The van der Waals surface area contributed by atoms with Crippen LogP contribution in [0, 0.1) is 5.92 Å². The van der Waals surface area contributed by atoms with Crippen molar-refractivity contribution in [3.8, 4) is 5.75 Å². The smallest absolute Gasteiger partial charge is 0.306 e. The molecule has 130 valence electrons. The van der Waals surface area contributed by atoms with Gasteiger partial charge in [-0.2, -0.15) is 0 Å². The lowest BCUT2D eigenvalue weighted by molar-refractivity contribution is -0.143. The van der Waals surface area contributed by atoms with Gasteiger partial charge in [0.25, 0.3) is 0 Å². The van der Waals surface area contributed by atoms with Crippen LogP contribution in [0.3, 0.4) is 0 Å². The quantitative estimate of drug-likeness (QED) is 0.830. The summed E-state index contributed by atoms with van der Waals surface area (Å²) in [4.78, 5) is 27.7. The maximum atomic E-state index is 12.4. The second kappa shape index (κ2) is 7.21. The first-order valence-electron chi connectivity index (χ1n) is 8.51. The first-order valence-corrected chi connectivity index (χ1v) is 8.51. The minimum Gasteiger partial charge on any atom is -0.490 e. The molecule has 1 N–H and O–H groups in total. The SMILES string of the molecule is CN1CCOc2cc(C(=O)CCN3CCC(C(=O)O)CC3)ccc21. The zero-order valence-corrected chi connectivity index (χ0v) is 14.0. The first-order chi connectivity index (χ1) is 11.5. The van der Waals surface area contributed by atoms with Gasteiger partial charge in [-0.05, 0) is 44.1 Å². The van der Waals surface area contributed by atoms with Crippen LogP contribution in [-0.4, -0.2) is 61.6 Å². The Morgan fingerprint density at radius 1 is 1.25 bits per heavy atom. The molecule has 0 bridgehead atoms. The van der Waals surface area contributed by atoms with Gasteiger partial charge in [0.05, 0.1) is 18.2 Å². The van der Waals surface area contributed by atoms with Crippen LogP contribution in [0.5, 0.6) is 5.75 Å². The van der Waals surface area contributed by atoms with Crippen LogP contribution in [-0.2, 0) is 4.79 Å². The Morgan fingerprint density at radius 2 is 2.00 bits per heavy atom. The minimum atomic E-state index is -0.704. The topological polar surface area (TPSA) is 70.1 Å². The molecular weight excluding hydrogens is 308 g/mol. The van der Waals surface area contributed by atoms with E-state index in [0.29, 0.717) is 38.0 Å². The normalized spacial score (nSPS) is 18.8. The summed E-state index contributed by atoms with van der Waals surface area (Å²) in [5.74, 6) is -0.0525. The highest BCUT2D eigenvalue weighted by Gasteiger charge is 2.24. The summed E-state index contributed by atoms with van der Waals surface area (Å²) in [6, 6.07) is 5.65. The molecule has 0 aromatic heterocycles. The Bertz CT molecular complexity index is 623. The van der Waals surface area contributed by atoms with E-state index in [1.165, 1.54) is 0 Å². The van der Waals surface area contributed by atoms with E-state index >= 15 is 0 Å². The zero-order chi connectivity index (χ0) is 17.1. The third-order valence-corrected chi connectivity index (χ3v) is 4.97. The third-order valence-electron chi connectivity index (χ3n) is 4.97. The van der Waals surface area contributed by atoms with Gasteiger partial charge < -0.3 is 19.6 Å². The summed E-state index contributed by atoms with van der Waals surface area (Å²) in [5, 5.41) is 9.02. The summed E-state index contributed by atoms with van der Waals surface area (Å²) in [7, 11) is 2.02. The number of nitrogens with zero attached hydrogens (tertiary/aromatic N) is 2. The number of carboxylic acid groups (broad SMARTS) is 1. The van der Waals surface area contributed by atoms with E-state index in [9.17, 15) is 9.59 Å². The number of carbonyl (C=O) groups is 2. The van der Waals surface area contributed by atoms with Crippen LogP contribution in [0.1, 0.15) is 29.6 Å². The van der Waals surface area contributed by atoms with Crippen LogP contribution in [0.2, 0.25) is 0 Å². The summed E-state index contributed by atoms with van der Waals surface area (Å²) < 4.78 is 5.65. The molecule has 2 heterocycles. The summed E-state index contributed by atoms with van der Waals surface area (Å²) >= 11 is 0. The van der Waals surface area contributed by atoms with Gasteiger partial charge in [0.15, 0.2) is 5.78 Å². The number of hydrogen-bond acceptors (Lipinski definition) is 5. The Balaban J connectivity index is 1.53. The van der Waals surface area contributed by atoms with Crippen molar-refractivity contribution >= 4 is 17.4 Å². The van der Waals surface area contributed by atoms with Crippen LogP contribution < -0.4 is 9.64 Å². The number of piperidine rings is 1. The molecule has 0 aliphatic carbocycles. The maximum Gasteiger partial charge on any atom is 0.306 e. The fourth-order valence-electron chi connectivity index (χ4n) is 3.34.